The predicted octanol–water partition coefficient (Wildman–Crippen LogP) is 2.57. The zero-order chi connectivity index (χ0) is 12.0. The highest BCUT2D eigenvalue weighted by atomic mass is 16.1. The molecular formula is C14H19NO. The van der Waals surface area contributed by atoms with Gasteiger partial charge in [-0.3, -0.25) is 4.79 Å². The third kappa shape index (κ3) is 4.30. The molecular weight excluding hydrogens is 198 g/mol. The Morgan fingerprint density at radius 2 is 2.00 bits per heavy atom. The van der Waals surface area contributed by atoms with Crippen molar-refractivity contribution in [3.8, 4) is 0 Å². The van der Waals surface area contributed by atoms with E-state index in [9.17, 15) is 4.79 Å². The highest BCUT2D eigenvalue weighted by molar-refractivity contribution is 5.89. The number of rotatable bonds is 5. The van der Waals surface area contributed by atoms with Crippen LogP contribution in [0.3, 0.4) is 0 Å². The van der Waals surface area contributed by atoms with Crippen molar-refractivity contribution in [2.24, 2.45) is 0 Å². The van der Waals surface area contributed by atoms with Crippen LogP contribution in [0.2, 0.25) is 0 Å². The summed E-state index contributed by atoms with van der Waals surface area (Å²) >= 11 is 0. The first-order chi connectivity index (χ1) is 7.59. The number of aryl methyl sites for hydroxylation is 2. The number of hydrogen-bond donors (Lipinski definition) is 0. The van der Waals surface area contributed by atoms with E-state index < -0.39 is 0 Å². The largest absolute Gasteiger partial charge is 0.383 e. The van der Waals surface area contributed by atoms with Crippen molar-refractivity contribution in [1.82, 2.24) is 4.90 Å². The molecule has 0 amide bonds. The van der Waals surface area contributed by atoms with Crippen LogP contribution in [0, 0.1) is 6.92 Å². The van der Waals surface area contributed by atoms with Gasteiger partial charge in [0, 0.05) is 26.7 Å². The average molecular weight is 217 g/mol. The van der Waals surface area contributed by atoms with Crippen LogP contribution in [0.1, 0.15) is 17.5 Å². The Balaban J connectivity index is 2.46. The second-order valence-electron chi connectivity index (χ2n) is 4.17. The lowest BCUT2D eigenvalue weighted by molar-refractivity contribution is -0.114. The molecule has 0 aromatic heterocycles. The third-order valence-electron chi connectivity index (χ3n) is 2.46. The summed E-state index contributed by atoms with van der Waals surface area (Å²) in [5, 5.41) is 0. The first-order valence-corrected chi connectivity index (χ1v) is 5.51. The Bertz CT molecular complexity index is 380. The fraction of sp³-hybridized carbons (Fsp3) is 0.357. The Morgan fingerprint density at radius 3 is 2.62 bits per heavy atom. The fourth-order valence-electron chi connectivity index (χ4n) is 1.46. The van der Waals surface area contributed by atoms with E-state index in [1.165, 1.54) is 11.1 Å². The average Bonchev–Trinajstić information content (AvgIpc) is 2.25. The quantitative estimate of drug-likeness (QED) is 0.706. The molecule has 0 saturated heterocycles. The molecule has 1 rings (SSSR count). The van der Waals surface area contributed by atoms with Crippen molar-refractivity contribution in [2.75, 3.05) is 14.1 Å². The molecule has 0 fully saturated rings. The topological polar surface area (TPSA) is 20.3 Å². The van der Waals surface area contributed by atoms with Gasteiger partial charge in [0.25, 0.3) is 0 Å². The van der Waals surface area contributed by atoms with Crippen LogP contribution >= 0.6 is 0 Å². The maximum atomic E-state index is 11.5. The van der Waals surface area contributed by atoms with E-state index in [1.54, 1.807) is 12.3 Å². The van der Waals surface area contributed by atoms with E-state index in [-0.39, 0.29) is 5.78 Å². The van der Waals surface area contributed by atoms with Gasteiger partial charge in [-0.1, -0.05) is 24.3 Å². The van der Waals surface area contributed by atoms with Crippen LogP contribution < -0.4 is 0 Å². The summed E-state index contributed by atoms with van der Waals surface area (Å²) in [7, 11) is 3.82. The molecule has 0 aliphatic rings. The van der Waals surface area contributed by atoms with E-state index >= 15 is 0 Å². The number of carbonyl (C=O) groups is 1. The van der Waals surface area contributed by atoms with Gasteiger partial charge in [0.1, 0.15) is 0 Å². The van der Waals surface area contributed by atoms with Crippen molar-refractivity contribution in [1.29, 1.82) is 0 Å². The summed E-state index contributed by atoms with van der Waals surface area (Å²) in [5.41, 5.74) is 2.51. The van der Waals surface area contributed by atoms with E-state index in [4.69, 9.17) is 0 Å². The monoisotopic (exact) mass is 217 g/mol. The van der Waals surface area contributed by atoms with E-state index in [0.717, 1.165) is 6.42 Å². The zero-order valence-corrected chi connectivity index (χ0v) is 10.2. The molecule has 0 bridgehead atoms. The number of hydrogen-bond acceptors (Lipinski definition) is 2. The lowest BCUT2D eigenvalue weighted by Crippen LogP contribution is -2.03. The highest BCUT2D eigenvalue weighted by Crippen LogP contribution is 2.09. The van der Waals surface area contributed by atoms with E-state index in [2.05, 4.69) is 19.1 Å². The van der Waals surface area contributed by atoms with Gasteiger partial charge in [-0.15, -0.1) is 0 Å². The zero-order valence-electron chi connectivity index (χ0n) is 10.2. The first-order valence-electron chi connectivity index (χ1n) is 5.51. The molecule has 1 aromatic carbocycles. The van der Waals surface area contributed by atoms with Crippen LogP contribution in [0.25, 0.3) is 0 Å². The minimum Gasteiger partial charge on any atom is -0.383 e. The number of nitrogens with zero attached hydrogens (tertiary/aromatic N) is 1. The summed E-state index contributed by atoms with van der Waals surface area (Å²) in [6, 6.07) is 8.20. The summed E-state index contributed by atoms with van der Waals surface area (Å²) in [6.45, 7) is 2.08. The van der Waals surface area contributed by atoms with E-state index in [1.807, 2.05) is 31.1 Å². The predicted molar refractivity (Wildman–Crippen MR) is 67.3 cm³/mol. The molecule has 2 heteroatoms. The second kappa shape index (κ2) is 6.11. The van der Waals surface area contributed by atoms with Gasteiger partial charge in [-0.2, -0.15) is 0 Å². The lowest BCUT2D eigenvalue weighted by Gasteiger charge is -2.04. The molecule has 0 spiro atoms. The Labute approximate surface area is 97.6 Å². The lowest BCUT2D eigenvalue weighted by atomic mass is 10.0. The highest BCUT2D eigenvalue weighted by Gasteiger charge is 2.00. The van der Waals surface area contributed by atoms with Crippen molar-refractivity contribution >= 4 is 5.78 Å². The minimum absolute atomic E-state index is 0.178. The molecule has 0 atom stereocenters. The Hall–Kier alpha value is -1.57. The maximum Gasteiger partial charge on any atom is 0.157 e. The van der Waals surface area contributed by atoms with Gasteiger partial charge in [0.2, 0.25) is 0 Å². The third-order valence-corrected chi connectivity index (χ3v) is 2.46. The summed E-state index contributed by atoms with van der Waals surface area (Å²) < 4.78 is 0. The Kier molecular flexibility index (Phi) is 4.77. The molecule has 86 valence electrons. The van der Waals surface area contributed by atoms with Crippen molar-refractivity contribution in [3.05, 3.63) is 47.7 Å². The van der Waals surface area contributed by atoms with Gasteiger partial charge < -0.3 is 4.90 Å². The summed E-state index contributed by atoms with van der Waals surface area (Å²) in [4.78, 5) is 13.4. The van der Waals surface area contributed by atoms with Crippen LogP contribution in [0.15, 0.2) is 36.5 Å². The molecule has 0 heterocycles. The smallest absolute Gasteiger partial charge is 0.157 e. The van der Waals surface area contributed by atoms with Gasteiger partial charge in [0.05, 0.1) is 0 Å². The summed E-state index contributed by atoms with van der Waals surface area (Å²) in [6.07, 6.45) is 4.83. The van der Waals surface area contributed by atoms with E-state index in [0.29, 0.717) is 6.42 Å². The van der Waals surface area contributed by atoms with Gasteiger partial charge in [-0.05, 0) is 30.5 Å². The van der Waals surface area contributed by atoms with Crippen molar-refractivity contribution in [3.63, 3.8) is 0 Å². The molecule has 2 nitrogen and oxygen atoms in total. The normalized spacial score (nSPS) is 10.7. The maximum absolute atomic E-state index is 11.5. The first kappa shape index (κ1) is 12.5. The SMILES string of the molecule is Cc1ccccc1CCC(=O)/C=C/N(C)C. The molecule has 0 radical (unpaired) electrons. The van der Waals surface area contributed by atoms with Crippen LogP contribution in [-0.2, 0) is 11.2 Å². The number of carbonyl (C=O) groups excluding carboxylic acids is 1. The number of ketones is 1. The number of allylic oxidation sites excluding steroid dienone is 1. The molecule has 0 unspecified atom stereocenters. The number of benzene rings is 1. The van der Waals surface area contributed by atoms with Crippen LogP contribution in [-0.4, -0.2) is 24.8 Å². The van der Waals surface area contributed by atoms with Gasteiger partial charge in [0.15, 0.2) is 5.78 Å². The van der Waals surface area contributed by atoms with Crippen LogP contribution in [0.4, 0.5) is 0 Å². The molecule has 1 aromatic rings. The van der Waals surface area contributed by atoms with Gasteiger partial charge in [-0.25, -0.2) is 0 Å². The van der Waals surface area contributed by atoms with Gasteiger partial charge >= 0.3 is 0 Å². The summed E-state index contributed by atoms with van der Waals surface area (Å²) in [5.74, 6) is 0.178. The minimum atomic E-state index is 0.178. The molecule has 0 N–H and O–H groups in total. The standard InChI is InChI=1S/C14H19NO/c1-12-6-4-5-7-13(12)8-9-14(16)10-11-15(2)3/h4-7,10-11H,8-9H2,1-3H3/b11-10+. The van der Waals surface area contributed by atoms with Crippen molar-refractivity contribution in [2.45, 2.75) is 19.8 Å². The molecule has 0 saturated carbocycles. The second-order valence-corrected chi connectivity index (χ2v) is 4.17. The van der Waals surface area contributed by atoms with Crippen molar-refractivity contribution < 1.29 is 4.79 Å². The Morgan fingerprint density at radius 1 is 1.31 bits per heavy atom. The molecule has 0 aliphatic carbocycles. The van der Waals surface area contributed by atoms with Crippen LogP contribution in [0.5, 0.6) is 0 Å². The fourth-order valence-corrected chi connectivity index (χ4v) is 1.46. The molecule has 0 aliphatic heterocycles. The molecule has 16 heavy (non-hydrogen) atoms.